The molecule has 90 valence electrons. The molecular formula is C12H15N3O2. The number of hydrogen-bond donors (Lipinski definition) is 1. The van der Waals surface area contributed by atoms with Crippen molar-refractivity contribution in [1.82, 2.24) is 9.97 Å². The van der Waals surface area contributed by atoms with E-state index in [9.17, 15) is 0 Å². The first kappa shape index (κ1) is 11.6. The van der Waals surface area contributed by atoms with Gasteiger partial charge in [0.2, 0.25) is 0 Å². The Morgan fingerprint density at radius 2 is 2.24 bits per heavy atom. The molecule has 2 aromatic rings. The molecule has 0 aliphatic carbocycles. The molecule has 0 aliphatic heterocycles. The summed E-state index contributed by atoms with van der Waals surface area (Å²) in [4.78, 5) is 10.3. The molecule has 0 radical (unpaired) electrons. The fourth-order valence-electron chi connectivity index (χ4n) is 1.47. The van der Waals surface area contributed by atoms with Gasteiger partial charge in [-0.15, -0.1) is 0 Å². The second-order valence-electron chi connectivity index (χ2n) is 3.77. The quantitative estimate of drug-likeness (QED) is 0.841. The van der Waals surface area contributed by atoms with E-state index in [1.807, 2.05) is 30.1 Å². The minimum absolute atomic E-state index is 0.0996. The summed E-state index contributed by atoms with van der Waals surface area (Å²) in [5, 5.41) is 8.89. The monoisotopic (exact) mass is 233 g/mol. The lowest BCUT2D eigenvalue weighted by Gasteiger charge is -2.13. The van der Waals surface area contributed by atoms with Crippen molar-refractivity contribution >= 4 is 6.01 Å². The van der Waals surface area contributed by atoms with Gasteiger partial charge in [-0.3, -0.25) is 4.98 Å². The van der Waals surface area contributed by atoms with Crippen LogP contribution in [0.1, 0.15) is 11.4 Å². The number of anilines is 1. The van der Waals surface area contributed by atoms with E-state index in [2.05, 4.69) is 9.97 Å². The standard InChI is InChI=1S/C12H15N3O2/c1-15(12-14-11(8-16)9-17-12)7-5-10-4-2-3-6-13-10/h2-4,6,9,16H,5,7-8H2,1H3. The molecule has 0 fully saturated rings. The molecule has 0 saturated carbocycles. The Morgan fingerprint density at radius 1 is 1.35 bits per heavy atom. The van der Waals surface area contributed by atoms with Crippen molar-refractivity contribution in [2.24, 2.45) is 0 Å². The van der Waals surface area contributed by atoms with Crippen molar-refractivity contribution in [2.45, 2.75) is 13.0 Å². The van der Waals surface area contributed by atoms with Gasteiger partial charge in [-0.1, -0.05) is 6.07 Å². The van der Waals surface area contributed by atoms with Crippen LogP contribution in [0.3, 0.4) is 0 Å². The van der Waals surface area contributed by atoms with E-state index in [0.717, 1.165) is 18.7 Å². The van der Waals surface area contributed by atoms with Gasteiger partial charge in [0, 0.05) is 31.9 Å². The normalized spacial score (nSPS) is 10.5. The van der Waals surface area contributed by atoms with E-state index in [4.69, 9.17) is 9.52 Å². The van der Waals surface area contributed by atoms with Crippen LogP contribution in [0.2, 0.25) is 0 Å². The molecule has 0 unspecified atom stereocenters. The zero-order chi connectivity index (χ0) is 12.1. The van der Waals surface area contributed by atoms with Crippen LogP contribution in [-0.2, 0) is 13.0 Å². The van der Waals surface area contributed by atoms with Gasteiger partial charge in [-0.25, -0.2) is 0 Å². The highest BCUT2D eigenvalue weighted by atomic mass is 16.4. The molecule has 5 nitrogen and oxygen atoms in total. The average molecular weight is 233 g/mol. The maximum absolute atomic E-state index is 8.89. The average Bonchev–Trinajstić information content (AvgIpc) is 2.86. The minimum Gasteiger partial charge on any atom is -0.432 e. The highest BCUT2D eigenvalue weighted by molar-refractivity contribution is 5.25. The molecule has 0 aromatic carbocycles. The number of nitrogens with zero attached hydrogens (tertiary/aromatic N) is 3. The minimum atomic E-state index is -0.0996. The number of aromatic nitrogens is 2. The summed E-state index contributed by atoms with van der Waals surface area (Å²) >= 11 is 0. The molecule has 0 saturated heterocycles. The predicted octanol–water partition coefficient (Wildman–Crippen LogP) is 1.24. The fraction of sp³-hybridized carbons (Fsp3) is 0.333. The van der Waals surface area contributed by atoms with Crippen molar-refractivity contribution in [3.63, 3.8) is 0 Å². The second kappa shape index (κ2) is 5.45. The number of aliphatic hydroxyl groups is 1. The van der Waals surface area contributed by atoms with Crippen molar-refractivity contribution < 1.29 is 9.52 Å². The molecule has 17 heavy (non-hydrogen) atoms. The third-order valence-corrected chi connectivity index (χ3v) is 2.46. The molecular weight excluding hydrogens is 218 g/mol. The van der Waals surface area contributed by atoms with E-state index in [-0.39, 0.29) is 6.61 Å². The summed E-state index contributed by atoms with van der Waals surface area (Å²) < 4.78 is 5.24. The molecule has 2 aromatic heterocycles. The number of rotatable bonds is 5. The maximum Gasteiger partial charge on any atom is 0.297 e. The summed E-state index contributed by atoms with van der Waals surface area (Å²) in [7, 11) is 1.90. The lowest BCUT2D eigenvalue weighted by atomic mass is 10.2. The van der Waals surface area contributed by atoms with Crippen LogP contribution in [0, 0.1) is 0 Å². The smallest absolute Gasteiger partial charge is 0.297 e. The predicted molar refractivity (Wildman–Crippen MR) is 63.6 cm³/mol. The summed E-state index contributed by atoms with van der Waals surface area (Å²) in [6.45, 7) is 0.667. The van der Waals surface area contributed by atoms with Crippen molar-refractivity contribution in [1.29, 1.82) is 0 Å². The van der Waals surface area contributed by atoms with Gasteiger partial charge >= 0.3 is 0 Å². The summed E-state index contributed by atoms with van der Waals surface area (Å²) in [6.07, 6.45) is 4.07. The fourth-order valence-corrected chi connectivity index (χ4v) is 1.47. The Balaban J connectivity index is 1.91. The van der Waals surface area contributed by atoms with E-state index >= 15 is 0 Å². The van der Waals surface area contributed by atoms with Crippen LogP contribution < -0.4 is 4.90 Å². The largest absolute Gasteiger partial charge is 0.432 e. The van der Waals surface area contributed by atoms with Crippen LogP contribution in [0.4, 0.5) is 6.01 Å². The van der Waals surface area contributed by atoms with Gasteiger partial charge in [0.25, 0.3) is 6.01 Å². The van der Waals surface area contributed by atoms with Crippen LogP contribution in [0.15, 0.2) is 35.1 Å². The van der Waals surface area contributed by atoms with Crippen molar-refractivity contribution in [3.05, 3.63) is 42.0 Å². The highest BCUT2D eigenvalue weighted by Gasteiger charge is 2.08. The van der Waals surface area contributed by atoms with E-state index < -0.39 is 0 Å². The first-order chi connectivity index (χ1) is 8.29. The molecule has 0 aliphatic rings. The van der Waals surface area contributed by atoms with E-state index in [1.54, 1.807) is 6.20 Å². The number of likely N-dealkylation sites (N-methyl/N-ethyl adjacent to an activating group) is 1. The maximum atomic E-state index is 8.89. The molecule has 1 N–H and O–H groups in total. The van der Waals surface area contributed by atoms with Crippen LogP contribution in [0.25, 0.3) is 0 Å². The van der Waals surface area contributed by atoms with Crippen molar-refractivity contribution in [2.75, 3.05) is 18.5 Å². The summed E-state index contributed by atoms with van der Waals surface area (Å²) in [5.74, 6) is 0. The third kappa shape index (κ3) is 3.04. The first-order valence-electron chi connectivity index (χ1n) is 5.46. The van der Waals surface area contributed by atoms with Gasteiger partial charge in [-0.2, -0.15) is 4.98 Å². The lowest BCUT2D eigenvalue weighted by Crippen LogP contribution is -2.20. The second-order valence-corrected chi connectivity index (χ2v) is 3.77. The third-order valence-electron chi connectivity index (χ3n) is 2.46. The van der Waals surface area contributed by atoms with Crippen LogP contribution >= 0.6 is 0 Å². The Hall–Kier alpha value is -1.88. The molecule has 5 heteroatoms. The zero-order valence-electron chi connectivity index (χ0n) is 9.71. The van der Waals surface area contributed by atoms with Gasteiger partial charge in [-0.05, 0) is 12.1 Å². The molecule has 0 spiro atoms. The number of oxazole rings is 1. The molecule has 2 rings (SSSR count). The Morgan fingerprint density at radius 3 is 2.88 bits per heavy atom. The molecule has 0 bridgehead atoms. The topological polar surface area (TPSA) is 62.4 Å². The van der Waals surface area contributed by atoms with Crippen LogP contribution in [0.5, 0.6) is 0 Å². The molecule has 0 amide bonds. The molecule has 2 heterocycles. The Labute approximate surface area is 99.7 Å². The first-order valence-corrected chi connectivity index (χ1v) is 5.46. The van der Waals surface area contributed by atoms with E-state index in [1.165, 1.54) is 6.26 Å². The summed E-state index contributed by atoms with van der Waals surface area (Å²) in [6, 6.07) is 6.37. The Kier molecular flexibility index (Phi) is 3.72. The Bertz CT molecular complexity index is 456. The number of aliphatic hydroxyl groups excluding tert-OH is 1. The van der Waals surface area contributed by atoms with Gasteiger partial charge < -0.3 is 14.4 Å². The van der Waals surface area contributed by atoms with Gasteiger partial charge in [0.05, 0.1) is 6.61 Å². The molecule has 0 atom stereocenters. The number of pyridine rings is 1. The van der Waals surface area contributed by atoms with E-state index in [0.29, 0.717) is 11.7 Å². The zero-order valence-corrected chi connectivity index (χ0v) is 9.71. The SMILES string of the molecule is CN(CCc1ccccn1)c1nc(CO)co1. The number of hydrogen-bond acceptors (Lipinski definition) is 5. The lowest BCUT2D eigenvalue weighted by molar-refractivity contribution is 0.276. The highest BCUT2D eigenvalue weighted by Crippen LogP contribution is 2.12. The van der Waals surface area contributed by atoms with Gasteiger partial charge in [0.1, 0.15) is 12.0 Å². The van der Waals surface area contributed by atoms with Crippen LogP contribution in [-0.4, -0.2) is 28.7 Å². The van der Waals surface area contributed by atoms with Crippen molar-refractivity contribution in [3.8, 4) is 0 Å². The summed E-state index contributed by atoms with van der Waals surface area (Å²) in [5.41, 5.74) is 1.58. The van der Waals surface area contributed by atoms with Gasteiger partial charge in [0.15, 0.2) is 0 Å².